The summed E-state index contributed by atoms with van der Waals surface area (Å²) < 4.78 is 5.23. The van der Waals surface area contributed by atoms with Crippen molar-refractivity contribution in [3.63, 3.8) is 0 Å². The van der Waals surface area contributed by atoms with E-state index >= 15 is 0 Å². The second-order valence-corrected chi connectivity index (χ2v) is 4.87. The SMILES string of the molecule is O=C(O)C1CCCCN1C(=O)CC1CCOC1. The zero-order valence-corrected chi connectivity index (χ0v) is 9.93. The Morgan fingerprint density at radius 3 is 2.76 bits per heavy atom. The van der Waals surface area contributed by atoms with Gasteiger partial charge in [-0.3, -0.25) is 4.79 Å². The van der Waals surface area contributed by atoms with E-state index in [0.29, 0.717) is 26.0 Å². The molecule has 2 unspecified atom stereocenters. The van der Waals surface area contributed by atoms with Crippen molar-refractivity contribution in [2.75, 3.05) is 19.8 Å². The van der Waals surface area contributed by atoms with Crippen LogP contribution < -0.4 is 0 Å². The van der Waals surface area contributed by atoms with Crippen molar-refractivity contribution in [3.05, 3.63) is 0 Å². The van der Waals surface area contributed by atoms with Crippen molar-refractivity contribution in [1.29, 1.82) is 0 Å². The van der Waals surface area contributed by atoms with Gasteiger partial charge in [-0.1, -0.05) is 0 Å². The first-order valence-corrected chi connectivity index (χ1v) is 6.28. The van der Waals surface area contributed by atoms with Crippen LogP contribution in [0.3, 0.4) is 0 Å². The summed E-state index contributed by atoms with van der Waals surface area (Å²) in [6.45, 7) is 1.95. The molecular weight excluding hydrogens is 222 g/mol. The van der Waals surface area contributed by atoms with Gasteiger partial charge in [0.25, 0.3) is 0 Å². The van der Waals surface area contributed by atoms with Gasteiger partial charge >= 0.3 is 5.97 Å². The molecule has 2 rings (SSSR count). The lowest BCUT2D eigenvalue weighted by Crippen LogP contribution is -2.48. The highest BCUT2D eigenvalue weighted by molar-refractivity contribution is 5.84. The van der Waals surface area contributed by atoms with Crippen molar-refractivity contribution in [2.45, 2.75) is 38.1 Å². The van der Waals surface area contributed by atoms with Crippen LogP contribution >= 0.6 is 0 Å². The fourth-order valence-electron chi connectivity index (χ4n) is 2.60. The molecule has 2 fully saturated rings. The van der Waals surface area contributed by atoms with Crippen LogP contribution in [0.4, 0.5) is 0 Å². The van der Waals surface area contributed by atoms with Crippen molar-refractivity contribution >= 4 is 11.9 Å². The molecule has 1 amide bonds. The van der Waals surface area contributed by atoms with Crippen LogP contribution in [0, 0.1) is 5.92 Å². The van der Waals surface area contributed by atoms with Crippen LogP contribution in [-0.2, 0) is 14.3 Å². The van der Waals surface area contributed by atoms with Crippen LogP contribution in [0.15, 0.2) is 0 Å². The van der Waals surface area contributed by atoms with Gasteiger partial charge in [0.2, 0.25) is 5.91 Å². The Morgan fingerprint density at radius 1 is 1.29 bits per heavy atom. The summed E-state index contributed by atoms with van der Waals surface area (Å²) in [4.78, 5) is 24.7. The molecule has 0 aromatic rings. The molecule has 2 aliphatic heterocycles. The Kier molecular flexibility index (Phi) is 3.99. The Labute approximate surface area is 101 Å². The number of nitrogens with zero attached hydrogens (tertiary/aromatic N) is 1. The van der Waals surface area contributed by atoms with Gasteiger partial charge in [0.05, 0.1) is 0 Å². The van der Waals surface area contributed by atoms with E-state index in [1.165, 1.54) is 0 Å². The number of carboxylic acids is 1. The molecule has 2 heterocycles. The van der Waals surface area contributed by atoms with Crippen LogP contribution in [0.25, 0.3) is 0 Å². The van der Waals surface area contributed by atoms with Crippen molar-refractivity contribution in [3.8, 4) is 0 Å². The van der Waals surface area contributed by atoms with Crippen molar-refractivity contribution in [2.24, 2.45) is 5.92 Å². The first-order valence-electron chi connectivity index (χ1n) is 6.28. The van der Waals surface area contributed by atoms with Crippen LogP contribution in [0.1, 0.15) is 32.1 Å². The number of ether oxygens (including phenoxy) is 1. The van der Waals surface area contributed by atoms with E-state index in [-0.39, 0.29) is 11.8 Å². The molecule has 5 nitrogen and oxygen atoms in total. The van der Waals surface area contributed by atoms with Gasteiger partial charge in [0.15, 0.2) is 0 Å². The second kappa shape index (κ2) is 5.49. The summed E-state index contributed by atoms with van der Waals surface area (Å²) in [5.74, 6) is -0.618. The summed E-state index contributed by atoms with van der Waals surface area (Å²) in [5.41, 5.74) is 0. The lowest BCUT2D eigenvalue weighted by molar-refractivity contribution is -0.152. The Balaban J connectivity index is 1.93. The molecule has 2 aliphatic rings. The number of amides is 1. The number of carboxylic acid groups (broad SMARTS) is 1. The maximum absolute atomic E-state index is 12.1. The number of carbonyl (C=O) groups excluding carboxylic acids is 1. The van der Waals surface area contributed by atoms with Crippen LogP contribution in [-0.4, -0.2) is 47.7 Å². The second-order valence-electron chi connectivity index (χ2n) is 4.87. The minimum atomic E-state index is -0.874. The Hall–Kier alpha value is -1.10. The summed E-state index contributed by atoms with van der Waals surface area (Å²) in [6.07, 6.45) is 3.74. The average Bonchev–Trinajstić information content (AvgIpc) is 2.81. The third-order valence-electron chi connectivity index (χ3n) is 3.60. The molecule has 2 atom stereocenters. The standard InChI is InChI=1S/C12H19NO4/c14-11(7-9-4-6-17-8-9)13-5-2-1-3-10(13)12(15)16/h9-10H,1-8H2,(H,15,16). The highest BCUT2D eigenvalue weighted by atomic mass is 16.5. The van der Waals surface area contributed by atoms with Crippen LogP contribution in [0.2, 0.25) is 0 Å². The predicted molar refractivity (Wildman–Crippen MR) is 60.5 cm³/mol. The summed E-state index contributed by atoms with van der Waals surface area (Å²) in [6, 6.07) is -0.612. The van der Waals surface area contributed by atoms with Gasteiger partial charge < -0.3 is 14.7 Å². The van der Waals surface area contributed by atoms with E-state index in [1.54, 1.807) is 4.90 Å². The molecule has 0 radical (unpaired) electrons. The van der Waals surface area contributed by atoms with E-state index in [4.69, 9.17) is 9.84 Å². The molecule has 2 saturated heterocycles. The van der Waals surface area contributed by atoms with Gasteiger partial charge in [-0.2, -0.15) is 0 Å². The molecule has 0 aromatic carbocycles. The maximum atomic E-state index is 12.1. The molecular formula is C12H19NO4. The van der Waals surface area contributed by atoms with E-state index in [9.17, 15) is 9.59 Å². The summed E-state index contributed by atoms with van der Waals surface area (Å²) >= 11 is 0. The minimum Gasteiger partial charge on any atom is -0.480 e. The molecule has 17 heavy (non-hydrogen) atoms. The van der Waals surface area contributed by atoms with Gasteiger partial charge in [-0.05, 0) is 31.6 Å². The number of rotatable bonds is 3. The third kappa shape index (κ3) is 2.97. The van der Waals surface area contributed by atoms with Gasteiger partial charge in [0.1, 0.15) is 6.04 Å². The lowest BCUT2D eigenvalue weighted by Gasteiger charge is -2.33. The number of aliphatic carboxylic acids is 1. The Morgan fingerprint density at radius 2 is 2.12 bits per heavy atom. The largest absolute Gasteiger partial charge is 0.480 e. The zero-order valence-electron chi connectivity index (χ0n) is 9.93. The normalized spacial score (nSPS) is 29.3. The molecule has 5 heteroatoms. The van der Waals surface area contributed by atoms with E-state index in [1.807, 2.05) is 0 Å². The molecule has 96 valence electrons. The smallest absolute Gasteiger partial charge is 0.326 e. The third-order valence-corrected chi connectivity index (χ3v) is 3.60. The zero-order chi connectivity index (χ0) is 12.3. The first kappa shape index (κ1) is 12.4. The molecule has 1 N–H and O–H groups in total. The van der Waals surface area contributed by atoms with Gasteiger partial charge in [-0.15, -0.1) is 0 Å². The topological polar surface area (TPSA) is 66.8 Å². The highest BCUT2D eigenvalue weighted by Gasteiger charge is 2.33. The number of likely N-dealkylation sites (tertiary alicyclic amines) is 1. The van der Waals surface area contributed by atoms with Crippen molar-refractivity contribution in [1.82, 2.24) is 4.90 Å². The highest BCUT2D eigenvalue weighted by Crippen LogP contribution is 2.22. The van der Waals surface area contributed by atoms with Gasteiger partial charge in [-0.25, -0.2) is 4.79 Å². The fourth-order valence-corrected chi connectivity index (χ4v) is 2.60. The van der Waals surface area contributed by atoms with E-state index < -0.39 is 12.0 Å². The number of hydrogen-bond acceptors (Lipinski definition) is 3. The predicted octanol–water partition coefficient (Wildman–Crippen LogP) is 0.879. The molecule has 0 aliphatic carbocycles. The number of piperidine rings is 1. The minimum absolute atomic E-state index is 0.0207. The summed E-state index contributed by atoms with van der Waals surface area (Å²) in [5, 5.41) is 9.10. The molecule has 0 saturated carbocycles. The molecule has 0 bridgehead atoms. The van der Waals surface area contributed by atoms with E-state index in [2.05, 4.69) is 0 Å². The number of hydrogen-bond donors (Lipinski definition) is 1. The monoisotopic (exact) mass is 241 g/mol. The first-order chi connectivity index (χ1) is 8.18. The Bertz CT molecular complexity index is 299. The maximum Gasteiger partial charge on any atom is 0.326 e. The molecule has 0 aromatic heterocycles. The van der Waals surface area contributed by atoms with Crippen molar-refractivity contribution < 1.29 is 19.4 Å². The lowest BCUT2D eigenvalue weighted by atomic mass is 9.99. The molecule has 0 spiro atoms. The quantitative estimate of drug-likeness (QED) is 0.796. The number of carbonyl (C=O) groups is 2. The summed E-state index contributed by atoms with van der Waals surface area (Å²) in [7, 11) is 0. The average molecular weight is 241 g/mol. The van der Waals surface area contributed by atoms with E-state index in [0.717, 1.165) is 25.9 Å². The van der Waals surface area contributed by atoms with Gasteiger partial charge in [0, 0.05) is 26.2 Å². The van der Waals surface area contributed by atoms with Crippen LogP contribution in [0.5, 0.6) is 0 Å². The fraction of sp³-hybridized carbons (Fsp3) is 0.833.